The highest BCUT2D eigenvalue weighted by Gasteiger charge is 2.23. The van der Waals surface area contributed by atoms with Gasteiger partial charge in [-0.25, -0.2) is 0 Å². The lowest BCUT2D eigenvalue weighted by atomic mass is 9.92. The summed E-state index contributed by atoms with van der Waals surface area (Å²) in [5.74, 6) is 1.70. The number of hydrogen-bond acceptors (Lipinski definition) is 3. The molecule has 1 heterocycles. The predicted octanol–water partition coefficient (Wildman–Crippen LogP) is 4.23. The number of fused-ring (bicyclic) bond motifs is 1. The highest BCUT2D eigenvalue weighted by atomic mass is 35.5. The van der Waals surface area contributed by atoms with Gasteiger partial charge in [-0.3, -0.25) is 5.10 Å². The van der Waals surface area contributed by atoms with E-state index in [-0.39, 0.29) is 12.4 Å². The van der Waals surface area contributed by atoms with Gasteiger partial charge in [0.1, 0.15) is 11.9 Å². The first-order chi connectivity index (χ1) is 10.6. The zero-order chi connectivity index (χ0) is 15.5. The molecule has 4 nitrogen and oxygen atoms in total. The summed E-state index contributed by atoms with van der Waals surface area (Å²) in [6.07, 6.45) is 6.98. The standard InChI is InChI=1S/C18H27N3O.ClH/c1-12(2)10-19-14-5-4-6-15(9-14)22-18-8-7-17-16(13(18)3)11-20-21-17;/h7-8,11-12,14-15,19H,4-6,9-10H2,1-3H3,(H,20,21);1H/t14-,15+;/m1./s1. The third kappa shape index (κ3) is 4.39. The van der Waals surface area contributed by atoms with E-state index in [1.807, 2.05) is 6.20 Å². The summed E-state index contributed by atoms with van der Waals surface area (Å²) in [5, 5.41) is 12.0. The van der Waals surface area contributed by atoms with Crippen molar-refractivity contribution in [1.29, 1.82) is 0 Å². The summed E-state index contributed by atoms with van der Waals surface area (Å²) in [5.41, 5.74) is 2.26. The van der Waals surface area contributed by atoms with E-state index in [1.54, 1.807) is 0 Å². The van der Waals surface area contributed by atoms with Crippen molar-refractivity contribution in [1.82, 2.24) is 15.5 Å². The molecule has 0 saturated heterocycles. The van der Waals surface area contributed by atoms with Gasteiger partial charge in [-0.1, -0.05) is 13.8 Å². The minimum atomic E-state index is 0. The van der Waals surface area contributed by atoms with Gasteiger partial charge >= 0.3 is 0 Å². The number of nitrogens with one attached hydrogen (secondary N) is 2. The average molecular weight is 338 g/mol. The van der Waals surface area contributed by atoms with Crippen molar-refractivity contribution in [3.8, 4) is 5.75 Å². The molecule has 1 fully saturated rings. The highest BCUT2D eigenvalue weighted by molar-refractivity contribution is 5.85. The molecule has 3 rings (SSSR count). The molecule has 1 saturated carbocycles. The van der Waals surface area contributed by atoms with Crippen LogP contribution in [0.5, 0.6) is 5.75 Å². The van der Waals surface area contributed by atoms with Crippen LogP contribution < -0.4 is 10.1 Å². The molecular formula is C18H28ClN3O. The van der Waals surface area contributed by atoms with Crippen LogP contribution >= 0.6 is 12.4 Å². The number of aryl methyl sites for hydroxylation is 1. The summed E-state index contributed by atoms with van der Waals surface area (Å²) in [4.78, 5) is 0. The summed E-state index contributed by atoms with van der Waals surface area (Å²) in [6, 6.07) is 4.72. The highest BCUT2D eigenvalue weighted by Crippen LogP contribution is 2.30. The predicted molar refractivity (Wildman–Crippen MR) is 97.6 cm³/mol. The second-order valence-electron chi connectivity index (χ2n) is 6.93. The molecule has 0 aliphatic heterocycles. The number of H-pyrrole nitrogens is 1. The number of hydrogen-bond donors (Lipinski definition) is 2. The molecule has 0 unspecified atom stereocenters. The van der Waals surface area contributed by atoms with Gasteiger partial charge in [0, 0.05) is 17.0 Å². The van der Waals surface area contributed by atoms with Crippen molar-refractivity contribution in [3.05, 3.63) is 23.9 Å². The Morgan fingerprint density at radius 2 is 2.17 bits per heavy atom. The number of benzene rings is 1. The van der Waals surface area contributed by atoms with Crippen molar-refractivity contribution >= 4 is 23.3 Å². The van der Waals surface area contributed by atoms with Crippen LogP contribution in [0.1, 0.15) is 45.1 Å². The van der Waals surface area contributed by atoms with Gasteiger partial charge in [0.05, 0.1) is 11.7 Å². The largest absolute Gasteiger partial charge is 0.490 e. The lowest BCUT2D eigenvalue weighted by molar-refractivity contribution is 0.133. The van der Waals surface area contributed by atoms with Crippen LogP contribution in [0.3, 0.4) is 0 Å². The van der Waals surface area contributed by atoms with Crippen molar-refractivity contribution in [3.63, 3.8) is 0 Å². The molecule has 1 aromatic heterocycles. The number of aromatic amines is 1. The van der Waals surface area contributed by atoms with E-state index in [1.165, 1.54) is 18.4 Å². The van der Waals surface area contributed by atoms with Crippen molar-refractivity contribution in [2.24, 2.45) is 5.92 Å². The lowest BCUT2D eigenvalue weighted by Gasteiger charge is -2.31. The number of nitrogens with zero attached hydrogens (tertiary/aromatic N) is 1. The molecule has 5 heteroatoms. The second kappa shape index (κ2) is 8.02. The SMILES string of the molecule is Cc1c(O[C@H]2CCC[C@@H](NCC(C)C)C2)ccc2[nH]ncc12.Cl. The number of halogens is 1. The van der Waals surface area contributed by atoms with E-state index in [4.69, 9.17) is 4.74 Å². The van der Waals surface area contributed by atoms with Gasteiger partial charge in [-0.05, 0) is 57.2 Å². The van der Waals surface area contributed by atoms with Gasteiger partial charge in [-0.2, -0.15) is 5.10 Å². The first-order valence-corrected chi connectivity index (χ1v) is 8.46. The fraction of sp³-hybridized carbons (Fsp3) is 0.611. The minimum Gasteiger partial charge on any atom is -0.490 e. The maximum absolute atomic E-state index is 6.32. The molecule has 1 aromatic carbocycles. The molecule has 128 valence electrons. The molecule has 1 aliphatic carbocycles. The smallest absolute Gasteiger partial charge is 0.123 e. The van der Waals surface area contributed by atoms with Crippen LogP contribution in [-0.2, 0) is 0 Å². The van der Waals surface area contributed by atoms with Crippen molar-refractivity contribution in [2.75, 3.05) is 6.54 Å². The van der Waals surface area contributed by atoms with Crippen molar-refractivity contribution < 1.29 is 4.74 Å². The van der Waals surface area contributed by atoms with E-state index in [9.17, 15) is 0 Å². The van der Waals surface area contributed by atoms with Gasteiger partial charge in [0.25, 0.3) is 0 Å². The molecule has 0 spiro atoms. The van der Waals surface area contributed by atoms with E-state index >= 15 is 0 Å². The average Bonchev–Trinajstić information content (AvgIpc) is 2.98. The van der Waals surface area contributed by atoms with Crippen molar-refractivity contribution in [2.45, 2.75) is 58.6 Å². The summed E-state index contributed by atoms with van der Waals surface area (Å²) in [6.45, 7) is 7.72. The molecular weight excluding hydrogens is 310 g/mol. The first kappa shape index (κ1) is 18.1. The molecule has 23 heavy (non-hydrogen) atoms. The van der Waals surface area contributed by atoms with E-state index in [0.717, 1.165) is 36.0 Å². The summed E-state index contributed by atoms with van der Waals surface area (Å²) >= 11 is 0. The minimum absolute atomic E-state index is 0. The van der Waals surface area contributed by atoms with Crippen LogP contribution in [0.15, 0.2) is 18.3 Å². The number of aromatic nitrogens is 2. The van der Waals surface area contributed by atoms with E-state index < -0.39 is 0 Å². The molecule has 2 aromatic rings. The fourth-order valence-electron chi connectivity index (χ4n) is 3.29. The van der Waals surface area contributed by atoms with Crippen LogP contribution in [0.2, 0.25) is 0 Å². The monoisotopic (exact) mass is 337 g/mol. The molecule has 2 N–H and O–H groups in total. The topological polar surface area (TPSA) is 49.9 Å². The van der Waals surface area contributed by atoms with Gasteiger partial charge in [-0.15, -0.1) is 12.4 Å². The molecule has 2 atom stereocenters. The lowest BCUT2D eigenvalue weighted by Crippen LogP contribution is -2.39. The molecule has 1 aliphatic rings. The maximum atomic E-state index is 6.32. The Morgan fingerprint density at radius 3 is 2.96 bits per heavy atom. The normalized spacial score (nSPS) is 21.4. The van der Waals surface area contributed by atoms with E-state index in [2.05, 4.69) is 48.4 Å². The third-order valence-corrected chi connectivity index (χ3v) is 4.58. The Balaban J connectivity index is 0.00000192. The number of rotatable bonds is 5. The van der Waals surface area contributed by atoms with E-state index in [0.29, 0.717) is 18.1 Å². The van der Waals surface area contributed by atoms with Gasteiger partial charge in [0.2, 0.25) is 0 Å². The number of ether oxygens (including phenoxy) is 1. The summed E-state index contributed by atoms with van der Waals surface area (Å²) in [7, 11) is 0. The summed E-state index contributed by atoms with van der Waals surface area (Å²) < 4.78 is 6.32. The Kier molecular flexibility index (Phi) is 6.31. The molecule has 0 bridgehead atoms. The second-order valence-corrected chi connectivity index (χ2v) is 6.93. The Morgan fingerprint density at radius 1 is 1.35 bits per heavy atom. The van der Waals surface area contributed by atoms with Gasteiger partial charge < -0.3 is 10.1 Å². The van der Waals surface area contributed by atoms with Crippen LogP contribution in [0.25, 0.3) is 10.9 Å². The molecule has 0 amide bonds. The fourth-order valence-corrected chi connectivity index (χ4v) is 3.29. The zero-order valence-electron chi connectivity index (χ0n) is 14.3. The van der Waals surface area contributed by atoms with Gasteiger partial charge in [0.15, 0.2) is 0 Å². The zero-order valence-corrected chi connectivity index (χ0v) is 15.1. The van der Waals surface area contributed by atoms with Crippen LogP contribution in [-0.4, -0.2) is 28.9 Å². The quantitative estimate of drug-likeness (QED) is 0.858. The molecule has 0 radical (unpaired) electrons. The third-order valence-electron chi connectivity index (χ3n) is 4.58. The maximum Gasteiger partial charge on any atom is 0.123 e. The Labute approximate surface area is 144 Å². The van der Waals surface area contributed by atoms with Crippen LogP contribution in [0.4, 0.5) is 0 Å². The Hall–Kier alpha value is -1.26. The van der Waals surface area contributed by atoms with Crippen LogP contribution in [0, 0.1) is 12.8 Å². The first-order valence-electron chi connectivity index (χ1n) is 8.46. The Bertz CT molecular complexity index is 626.